The van der Waals surface area contributed by atoms with E-state index in [0.29, 0.717) is 13.0 Å². The Hall–Kier alpha value is -2.04. The molecule has 0 aromatic heterocycles. The molecule has 3 rings (SSSR count). The summed E-state index contributed by atoms with van der Waals surface area (Å²) in [6.07, 6.45) is 7.12. The molecule has 1 aliphatic heterocycles. The van der Waals surface area contributed by atoms with Crippen LogP contribution < -0.4 is 14.9 Å². The molecule has 1 aromatic carbocycles. The second kappa shape index (κ2) is 6.81. The van der Waals surface area contributed by atoms with Gasteiger partial charge in [0, 0.05) is 18.6 Å². The molecule has 1 unspecified atom stereocenters. The van der Waals surface area contributed by atoms with Crippen LogP contribution in [0.5, 0.6) is 11.5 Å². The van der Waals surface area contributed by atoms with Crippen molar-refractivity contribution in [3.8, 4) is 11.5 Å². The summed E-state index contributed by atoms with van der Waals surface area (Å²) in [5.74, 6) is 1.50. The molecule has 1 N–H and O–H groups in total. The van der Waals surface area contributed by atoms with Gasteiger partial charge in [-0.3, -0.25) is 4.79 Å². The molecule has 22 heavy (non-hydrogen) atoms. The molecule has 1 amide bonds. The summed E-state index contributed by atoms with van der Waals surface area (Å²) in [5.41, 5.74) is 3.50. The third-order valence-corrected chi connectivity index (χ3v) is 4.14. The van der Waals surface area contributed by atoms with E-state index >= 15 is 0 Å². The fourth-order valence-electron chi connectivity index (χ4n) is 3.01. The SMILES string of the molecule is CCOc1ccc(C2C=NNC(=O)C2)cc1OC1CCCC1. The Bertz CT molecular complexity index is 565. The van der Waals surface area contributed by atoms with Crippen LogP contribution in [0.25, 0.3) is 0 Å². The Kier molecular flexibility index (Phi) is 4.61. The van der Waals surface area contributed by atoms with Crippen molar-refractivity contribution in [2.24, 2.45) is 5.10 Å². The molecule has 1 saturated carbocycles. The summed E-state index contributed by atoms with van der Waals surface area (Å²) in [7, 11) is 0. The molecule has 1 aromatic rings. The summed E-state index contributed by atoms with van der Waals surface area (Å²) >= 11 is 0. The van der Waals surface area contributed by atoms with Crippen molar-refractivity contribution in [1.82, 2.24) is 5.43 Å². The minimum absolute atomic E-state index is 0.00430. The van der Waals surface area contributed by atoms with Crippen LogP contribution in [0.15, 0.2) is 23.3 Å². The van der Waals surface area contributed by atoms with Gasteiger partial charge in [-0.1, -0.05) is 6.07 Å². The normalized spacial score (nSPS) is 21.7. The van der Waals surface area contributed by atoms with E-state index in [0.717, 1.165) is 29.9 Å². The zero-order valence-corrected chi connectivity index (χ0v) is 12.9. The second-order valence-electron chi connectivity index (χ2n) is 5.79. The number of hydrogen-bond acceptors (Lipinski definition) is 4. The van der Waals surface area contributed by atoms with Gasteiger partial charge in [0.2, 0.25) is 5.91 Å². The summed E-state index contributed by atoms with van der Waals surface area (Å²) in [4.78, 5) is 11.5. The van der Waals surface area contributed by atoms with Crippen molar-refractivity contribution in [3.63, 3.8) is 0 Å². The highest BCUT2D eigenvalue weighted by molar-refractivity contribution is 5.86. The van der Waals surface area contributed by atoms with E-state index in [2.05, 4.69) is 10.5 Å². The van der Waals surface area contributed by atoms with E-state index in [9.17, 15) is 4.79 Å². The summed E-state index contributed by atoms with van der Waals surface area (Å²) < 4.78 is 11.8. The molecular weight excluding hydrogens is 280 g/mol. The first-order chi connectivity index (χ1) is 10.8. The van der Waals surface area contributed by atoms with E-state index in [-0.39, 0.29) is 17.9 Å². The number of hydrogen-bond donors (Lipinski definition) is 1. The third-order valence-electron chi connectivity index (χ3n) is 4.14. The molecule has 2 aliphatic rings. The Labute approximate surface area is 130 Å². The van der Waals surface area contributed by atoms with Gasteiger partial charge in [0.25, 0.3) is 0 Å². The van der Waals surface area contributed by atoms with Crippen molar-refractivity contribution < 1.29 is 14.3 Å². The maximum absolute atomic E-state index is 11.5. The summed E-state index contributed by atoms with van der Waals surface area (Å²) in [5, 5.41) is 3.91. The highest BCUT2D eigenvalue weighted by atomic mass is 16.5. The molecule has 1 atom stereocenters. The van der Waals surface area contributed by atoms with Gasteiger partial charge in [-0.25, -0.2) is 5.43 Å². The fourth-order valence-corrected chi connectivity index (χ4v) is 3.01. The lowest BCUT2D eigenvalue weighted by molar-refractivity contribution is -0.121. The molecule has 0 saturated heterocycles. The minimum atomic E-state index is -0.0559. The first-order valence-corrected chi connectivity index (χ1v) is 8.01. The third kappa shape index (κ3) is 3.40. The van der Waals surface area contributed by atoms with Crippen molar-refractivity contribution >= 4 is 12.1 Å². The van der Waals surface area contributed by atoms with Gasteiger partial charge in [0.1, 0.15) is 0 Å². The maximum atomic E-state index is 11.5. The van der Waals surface area contributed by atoms with Gasteiger partial charge < -0.3 is 9.47 Å². The lowest BCUT2D eigenvalue weighted by atomic mass is 9.95. The molecule has 1 fully saturated rings. The quantitative estimate of drug-likeness (QED) is 0.909. The molecule has 1 aliphatic carbocycles. The lowest BCUT2D eigenvalue weighted by Gasteiger charge is -2.20. The number of nitrogens with one attached hydrogen (secondary N) is 1. The minimum Gasteiger partial charge on any atom is -0.490 e. The summed E-state index contributed by atoms with van der Waals surface area (Å²) in [6, 6.07) is 5.92. The number of nitrogens with zero attached hydrogens (tertiary/aromatic N) is 1. The maximum Gasteiger partial charge on any atom is 0.241 e. The molecule has 1 heterocycles. The van der Waals surface area contributed by atoms with Crippen LogP contribution in [0.1, 0.15) is 50.5 Å². The van der Waals surface area contributed by atoms with Crippen LogP contribution in [0.2, 0.25) is 0 Å². The molecule has 118 valence electrons. The highest BCUT2D eigenvalue weighted by Crippen LogP contribution is 2.35. The highest BCUT2D eigenvalue weighted by Gasteiger charge is 2.22. The molecule has 0 radical (unpaired) electrons. The van der Waals surface area contributed by atoms with Crippen LogP contribution in [0, 0.1) is 0 Å². The van der Waals surface area contributed by atoms with Crippen molar-refractivity contribution in [3.05, 3.63) is 23.8 Å². The van der Waals surface area contributed by atoms with E-state index in [1.807, 2.05) is 25.1 Å². The number of benzene rings is 1. The van der Waals surface area contributed by atoms with E-state index in [4.69, 9.17) is 9.47 Å². The van der Waals surface area contributed by atoms with Gasteiger partial charge in [-0.05, 0) is 50.3 Å². The average molecular weight is 302 g/mol. The molecule has 5 heteroatoms. The van der Waals surface area contributed by atoms with Gasteiger partial charge in [-0.15, -0.1) is 0 Å². The Balaban J connectivity index is 1.83. The van der Waals surface area contributed by atoms with Crippen molar-refractivity contribution in [2.45, 2.75) is 51.0 Å². The zero-order chi connectivity index (χ0) is 15.4. The lowest BCUT2D eigenvalue weighted by Crippen LogP contribution is -2.26. The van der Waals surface area contributed by atoms with Crippen LogP contribution >= 0.6 is 0 Å². The largest absolute Gasteiger partial charge is 0.490 e. The van der Waals surface area contributed by atoms with Crippen molar-refractivity contribution in [1.29, 1.82) is 0 Å². The number of ether oxygens (including phenoxy) is 2. The van der Waals surface area contributed by atoms with Gasteiger partial charge in [0.15, 0.2) is 11.5 Å². The second-order valence-corrected chi connectivity index (χ2v) is 5.79. The van der Waals surface area contributed by atoms with Crippen molar-refractivity contribution in [2.75, 3.05) is 6.61 Å². The Morgan fingerprint density at radius 2 is 2.09 bits per heavy atom. The predicted octanol–water partition coefficient (Wildman–Crippen LogP) is 3.00. The Morgan fingerprint density at radius 1 is 1.27 bits per heavy atom. The topological polar surface area (TPSA) is 59.9 Å². The smallest absolute Gasteiger partial charge is 0.241 e. The number of rotatable bonds is 5. The number of hydrazone groups is 1. The first kappa shape index (κ1) is 14.9. The first-order valence-electron chi connectivity index (χ1n) is 8.01. The predicted molar refractivity (Wildman–Crippen MR) is 84.5 cm³/mol. The number of carbonyl (C=O) groups excluding carboxylic acids is 1. The zero-order valence-electron chi connectivity index (χ0n) is 12.9. The Morgan fingerprint density at radius 3 is 2.82 bits per heavy atom. The molecule has 0 bridgehead atoms. The van der Waals surface area contributed by atoms with Gasteiger partial charge in [-0.2, -0.15) is 5.10 Å². The van der Waals surface area contributed by atoms with E-state index in [1.165, 1.54) is 12.8 Å². The fraction of sp³-hybridized carbons (Fsp3) is 0.529. The molecule has 5 nitrogen and oxygen atoms in total. The van der Waals surface area contributed by atoms with Gasteiger partial charge in [0.05, 0.1) is 12.7 Å². The molecule has 0 spiro atoms. The summed E-state index contributed by atoms with van der Waals surface area (Å²) in [6.45, 7) is 2.57. The number of amides is 1. The average Bonchev–Trinajstić information content (AvgIpc) is 3.02. The number of carbonyl (C=O) groups is 1. The van der Waals surface area contributed by atoms with Gasteiger partial charge >= 0.3 is 0 Å². The monoisotopic (exact) mass is 302 g/mol. The van der Waals surface area contributed by atoms with E-state index < -0.39 is 0 Å². The van der Waals surface area contributed by atoms with Crippen LogP contribution in [-0.2, 0) is 4.79 Å². The molecular formula is C17H22N2O3. The van der Waals surface area contributed by atoms with Crippen LogP contribution in [0.3, 0.4) is 0 Å². The standard InChI is InChI=1S/C17H22N2O3/c1-2-21-15-8-7-12(13-10-17(20)19-18-11-13)9-16(15)22-14-5-3-4-6-14/h7-9,11,13-14H,2-6,10H2,1H3,(H,19,20). The van der Waals surface area contributed by atoms with Crippen LogP contribution in [0.4, 0.5) is 0 Å². The van der Waals surface area contributed by atoms with E-state index in [1.54, 1.807) is 6.21 Å². The van der Waals surface area contributed by atoms with Crippen LogP contribution in [-0.4, -0.2) is 24.8 Å².